The molecule has 148 valence electrons. The van der Waals surface area contributed by atoms with E-state index in [1.807, 2.05) is 0 Å². The summed E-state index contributed by atoms with van der Waals surface area (Å²) in [6.45, 7) is 0. The van der Waals surface area contributed by atoms with Crippen LogP contribution in [0.25, 0.3) is 0 Å². The molecule has 0 saturated heterocycles. The van der Waals surface area contributed by atoms with Crippen molar-refractivity contribution in [3.63, 3.8) is 0 Å². The summed E-state index contributed by atoms with van der Waals surface area (Å²) in [4.78, 5) is 36.3. The maximum Gasteiger partial charge on any atom is 0.418 e. The molecule has 0 aliphatic heterocycles. The molecule has 2 amide bonds. The van der Waals surface area contributed by atoms with Gasteiger partial charge < -0.3 is 15.4 Å². The Morgan fingerprint density at radius 2 is 1.59 bits per heavy atom. The monoisotopic (exact) mass is 415 g/mol. The molecule has 1 aromatic heterocycles. The van der Waals surface area contributed by atoms with E-state index in [9.17, 15) is 18.8 Å². The summed E-state index contributed by atoms with van der Waals surface area (Å²) in [7, 11) is 1.22. The van der Waals surface area contributed by atoms with E-state index in [2.05, 4.69) is 15.4 Å². The maximum absolute atomic E-state index is 13.1. The minimum Gasteiger partial charge on any atom is -0.452 e. The largest absolute Gasteiger partial charge is 0.452 e. The summed E-state index contributed by atoms with van der Waals surface area (Å²) in [5, 5.41) is 5.28. The van der Waals surface area contributed by atoms with Gasteiger partial charge in [0.15, 0.2) is 0 Å². The first kappa shape index (κ1) is 20.1. The predicted octanol–water partition coefficient (Wildman–Crippen LogP) is 4.40. The second kappa shape index (κ2) is 8.57. The molecule has 0 bridgehead atoms. The molecule has 0 atom stereocenters. The van der Waals surface area contributed by atoms with Crippen LogP contribution in [0.5, 0.6) is 0 Å². The number of nitrogens with one attached hydrogen (secondary N) is 2. The third-order valence-corrected chi connectivity index (χ3v) is 4.24. The number of halogens is 2. The van der Waals surface area contributed by atoms with Crippen LogP contribution in [0.4, 0.5) is 20.6 Å². The number of benzene rings is 2. The number of methoxy groups -OCH3 is 1. The summed E-state index contributed by atoms with van der Waals surface area (Å²) < 4.78 is 18.8. The number of carbonyl (C=O) groups is 3. The first-order chi connectivity index (χ1) is 13.9. The van der Waals surface area contributed by atoms with E-state index in [1.54, 1.807) is 30.3 Å². The number of anilines is 2. The van der Waals surface area contributed by atoms with Crippen molar-refractivity contribution in [3.05, 3.63) is 82.9 Å². The molecule has 9 heteroatoms. The number of nitrogens with zero attached hydrogens (tertiary/aromatic N) is 1. The van der Waals surface area contributed by atoms with Gasteiger partial charge in [-0.1, -0.05) is 11.6 Å². The van der Waals surface area contributed by atoms with E-state index in [1.165, 1.54) is 25.4 Å². The zero-order valence-electron chi connectivity index (χ0n) is 15.1. The Morgan fingerprint density at radius 1 is 0.966 bits per heavy atom. The summed E-state index contributed by atoms with van der Waals surface area (Å²) in [5.41, 5.74) is 1.14. The van der Waals surface area contributed by atoms with E-state index in [0.717, 1.165) is 16.7 Å². The van der Waals surface area contributed by atoms with Gasteiger partial charge in [-0.3, -0.25) is 9.59 Å². The lowest BCUT2D eigenvalue weighted by Gasteiger charge is -2.10. The van der Waals surface area contributed by atoms with Crippen LogP contribution in [-0.4, -0.2) is 29.6 Å². The fourth-order valence-electron chi connectivity index (χ4n) is 2.53. The van der Waals surface area contributed by atoms with Crippen LogP contribution in [0.3, 0.4) is 0 Å². The normalized spacial score (nSPS) is 10.3. The van der Waals surface area contributed by atoms with Crippen molar-refractivity contribution in [2.45, 2.75) is 0 Å². The summed E-state index contributed by atoms with van der Waals surface area (Å²) >= 11 is 5.88. The van der Waals surface area contributed by atoms with Gasteiger partial charge in [-0.05, 0) is 54.6 Å². The number of hydrogen-bond donors (Lipinski definition) is 2. The molecule has 1 heterocycles. The van der Waals surface area contributed by atoms with Crippen molar-refractivity contribution in [2.24, 2.45) is 0 Å². The average Bonchev–Trinajstić information content (AvgIpc) is 3.19. The first-order valence-corrected chi connectivity index (χ1v) is 8.70. The van der Waals surface area contributed by atoms with Crippen LogP contribution in [0.2, 0.25) is 5.02 Å². The van der Waals surface area contributed by atoms with Crippen LogP contribution in [-0.2, 0) is 4.74 Å². The van der Waals surface area contributed by atoms with Crippen molar-refractivity contribution >= 4 is 40.9 Å². The smallest absolute Gasteiger partial charge is 0.418 e. The second-order valence-electron chi connectivity index (χ2n) is 5.84. The lowest BCUT2D eigenvalue weighted by molar-refractivity contribution is 0.101. The second-order valence-corrected chi connectivity index (χ2v) is 6.25. The topological polar surface area (TPSA) is 89.4 Å². The molecule has 3 rings (SSSR count). The van der Waals surface area contributed by atoms with Crippen LogP contribution in [0.15, 0.2) is 60.8 Å². The molecular weight excluding hydrogens is 401 g/mol. The van der Waals surface area contributed by atoms with E-state index in [4.69, 9.17) is 11.6 Å². The highest BCUT2D eigenvalue weighted by Crippen LogP contribution is 2.20. The Kier molecular flexibility index (Phi) is 5.94. The van der Waals surface area contributed by atoms with Crippen LogP contribution >= 0.6 is 11.6 Å². The van der Waals surface area contributed by atoms with Crippen molar-refractivity contribution in [1.29, 1.82) is 0 Å². The minimum absolute atomic E-state index is 0.00000782. The Morgan fingerprint density at radius 3 is 2.17 bits per heavy atom. The van der Waals surface area contributed by atoms with Crippen molar-refractivity contribution < 1.29 is 23.5 Å². The molecule has 0 spiro atoms. The van der Waals surface area contributed by atoms with Gasteiger partial charge in [0.05, 0.1) is 17.7 Å². The minimum atomic E-state index is -0.683. The summed E-state index contributed by atoms with van der Waals surface area (Å²) in [5.74, 6) is -1.54. The Bertz CT molecular complexity index is 1080. The molecule has 0 aliphatic carbocycles. The number of aromatic nitrogens is 1. The zero-order chi connectivity index (χ0) is 21.0. The molecule has 0 unspecified atom stereocenters. The number of ether oxygens (including phenoxy) is 1. The Labute approximate surface area is 170 Å². The summed E-state index contributed by atoms with van der Waals surface area (Å²) in [6, 6.07) is 12.8. The van der Waals surface area contributed by atoms with Crippen LogP contribution in [0, 0.1) is 5.82 Å². The maximum atomic E-state index is 13.1. The van der Waals surface area contributed by atoms with E-state index < -0.39 is 23.7 Å². The van der Waals surface area contributed by atoms with Gasteiger partial charge in [-0.15, -0.1) is 0 Å². The van der Waals surface area contributed by atoms with Crippen molar-refractivity contribution in [3.8, 4) is 0 Å². The third kappa shape index (κ3) is 4.61. The molecule has 2 N–H and O–H groups in total. The fraction of sp³-hybridized carbons (Fsp3) is 0.0500. The lowest BCUT2D eigenvalue weighted by atomic mass is 10.2. The molecule has 0 radical (unpaired) electrons. The standard InChI is InChI=1S/C20H15ClFN3O4/c1-29-20(28)25-10-2-3-17(25)19(27)24-14-7-5-13(6-8-14)23-18(26)15-9-4-12(22)11-16(15)21/h2-11H,1H3,(H,23,26)(H,24,27). The highest BCUT2D eigenvalue weighted by atomic mass is 35.5. The van der Waals surface area contributed by atoms with E-state index in [-0.39, 0.29) is 16.3 Å². The predicted molar refractivity (Wildman–Crippen MR) is 106 cm³/mol. The number of rotatable bonds is 4. The molecule has 3 aromatic rings. The number of hydrogen-bond acceptors (Lipinski definition) is 4. The SMILES string of the molecule is COC(=O)n1cccc1C(=O)Nc1ccc(NC(=O)c2ccc(F)cc2Cl)cc1. The number of carbonyl (C=O) groups excluding carboxylic acids is 3. The van der Waals surface area contributed by atoms with Gasteiger partial charge in [0.2, 0.25) is 0 Å². The molecular formula is C20H15ClFN3O4. The van der Waals surface area contributed by atoms with Gasteiger partial charge in [-0.25, -0.2) is 13.8 Å². The first-order valence-electron chi connectivity index (χ1n) is 8.32. The third-order valence-electron chi connectivity index (χ3n) is 3.93. The van der Waals surface area contributed by atoms with E-state index >= 15 is 0 Å². The quantitative estimate of drug-likeness (QED) is 0.661. The molecule has 2 aromatic carbocycles. The van der Waals surface area contributed by atoms with Crippen LogP contribution in [0.1, 0.15) is 20.8 Å². The van der Waals surface area contributed by atoms with Gasteiger partial charge >= 0.3 is 6.09 Å². The molecule has 0 fully saturated rings. The average molecular weight is 416 g/mol. The Hall–Kier alpha value is -3.65. The Balaban J connectivity index is 1.67. The zero-order valence-corrected chi connectivity index (χ0v) is 15.9. The highest BCUT2D eigenvalue weighted by molar-refractivity contribution is 6.34. The van der Waals surface area contributed by atoms with Gasteiger partial charge in [-0.2, -0.15) is 0 Å². The number of amides is 2. The molecule has 0 saturated carbocycles. The van der Waals surface area contributed by atoms with Crippen molar-refractivity contribution in [2.75, 3.05) is 17.7 Å². The fourth-order valence-corrected chi connectivity index (χ4v) is 2.78. The van der Waals surface area contributed by atoms with Crippen LogP contribution < -0.4 is 10.6 Å². The lowest BCUT2D eigenvalue weighted by Crippen LogP contribution is -2.21. The molecule has 29 heavy (non-hydrogen) atoms. The van der Waals surface area contributed by atoms with Gasteiger partial charge in [0, 0.05) is 17.6 Å². The van der Waals surface area contributed by atoms with Crippen molar-refractivity contribution in [1.82, 2.24) is 4.57 Å². The summed E-state index contributed by atoms with van der Waals surface area (Å²) in [6.07, 6.45) is 0.734. The van der Waals surface area contributed by atoms with Gasteiger partial charge in [0.25, 0.3) is 11.8 Å². The molecule has 7 nitrogen and oxygen atoms in total. The van der Waals surface area contributed by atoms with Gasteiger partial charge in [0.1, 0.15) is 11.5 Å². The highest BCUT2D eigenvalue weighted by Gasteiger charge is 2.16. The molecule has 0 aliphatic rings. The van der Waals surface area contributed by atoms with E-state index in [0.29, 0.717) is 11.4 Å².